The third-order valence-corrected chi connectivity index (χ3v) is 3.35. The van der Waals surface area contributed by atoms with Crippen LogP contribution in [0.15, 0.2) is 0 Å². The van der Waals surface area contributed by atoms with E-state index in [0.29, 0.717) is 0 Å². The Bertz CT molecular complexity index is 268. The monoisotopic (exact) mass is 278 g/mol. The van der Waals surface area contributed by atoms with Crippen LogP contribution < -0.4 is 0 Å². The quantitative estimate of drug-likeness (QED) is 0.440. The van der Waals surface area contributed by atoms with E-state index >= 15 is 0 Å². The van der Waals surface area contributed by atoms with Gasteiger partial charge in [-0.3, -0.25) is 4.79 Å². The number of methoxy groups -OCH3 is 1. The van der Waals surface area contributed by atoms with Crippen molar-refractivity contribution in [2.24, 2.45) is 5.41 Å². The molecule has 1 saturated carbocycles. The van der Waals surface area contributed by atoms with Gasteiger partial charge >= 0.3 is 17.8 Å². The van der Waals surface area contributed by atoms with E-state index in [1.54, 1.807) is 0 Å². The van der Waals surface area contributed by atoms with Gasteiger partial charge in [-0.15, -0.1) is 0 Å². The van der Waals surface area contributed by atoms with Gasteiger partial charge in [0.2, 0.25) is 0 Å². The minimum atomic E-state index is -4.35. The third kappa shape index (κ3) is 1.11. The van der Waals surface area contributed by atoms with Crippen LogP contribution in [0.5, 0.6) is 0 Å². The topological polar surface area (TPSA) is 26.3 Å². The van der Waals surface area contributed by atoms with Gasteiger partial charge in [0.25, 0.3) is 0 Å². The summed E-state index contributed by atoms with van der Waals surface area (Å²) in [7, 11) is 0.888. The Labute approximate surface area is 85.7 Å². The molecule has 0 N–H and O–H groups in total. The molecule has 0 aromatic heterocycles. The van der Waals surface area contributed by atoms with Crippen LogP contribution in [0, 0.1) is 5.41 Å². The maximum absolute atomic E-state index is 13.0. The summed E-state index contributed by atoms with van der Waals surface area (Å²) >= 11 is 2.64. The van der Waals surface area contributed by atoms with Crippen molar-refractivity contribution in [3.63, 3.8) is 0 Å². The van der Waals surface area contributed by atoms with Crippen LogP contribution in [0.25, 0.3) is 0 Å². The zero-order valence-corrected chi connectivity index (χ0v) is 8.71. The van der Waals surface area contributed by atoms with Crippen molar-refractivity contribution in [1.82, 2.24) is 0 Å². The fourth-order valence-electron chi connectivity index (χ4n) is 1.43. The van der Waals surface area contributed by atoms with Crippen molar-refractivity contribution in [3.8, 4) is 0 Å². The van der Waals surface area contributed by atoms with Gasteiger partial charge < -0.3 is 4.74 Å². The molecule has 1 atom stereocenters. The van der Waals surface area contributed by atoms with Gasteiger partial charge in [-0.05, 0) is 0 Å². The standard InChI is InChI=1S/C7H7BrF4O2/c1-14-4(13)5(3-8)2-6(9,10)7(5,11)12/h2-3H2,1H3. The Morgan fingerprint density at radius 1 is 1.43 bits per heavy atom. The fraction of sp³-hybridized carbons (Fsp3) is 0.857. The molecule has 0 spiro atoms. The molecule has 1 fully saturated rings. The van der Waals surface area contributed by atoms with E-state index in [1.165, 1.54) is 0 Å². The van der Waals surface area contributed by atoms with E-state index in [4.69, 9.17) is 0 Å². The van der Waals surface area contributed by atoms with Gasteiger partial charge in [0.15, 0.2) is 5.41 Å². The molecule has 0 amide bonds. The fourth-order valence-corrected chi connectivity index (χ4v) is 2.21. The highest BCUT2D eigenvalue weighted by molar-refractivity contribution is 9.09. The summed E-state index contributed by atoms with van der Waals surface area (Å²) in [6, 6.07) is 0. The van der Waals surface area contributed by atoms with Gasteiger partial charge in [0, 0.05) is 11.8 Å². The summed E-state index contributed by atoms with van der Waals surface area (Å²) < 4.78 is 55.1. The Morgan fingerprint density at radius 2 is 1.93 bits per heavy atom. The van der Waals surface area contributed by atoms with Gasteiger partial charge in [-0.1, -0.05) is 15.9 Å². The molecule has 1 aliphatic carbocycles. The van der Waals surface area contributed by atoms with E-state index in [1.807, 2.05) is 0 Å². The van der Waals surface area contributed by atoms with E-state index in [9.17, 15) is 22.4 Å². The average Bonchev–Trinajstić information content (AvgIpc) is 2.12. The van der Waals surface area contributed by atoms with Gasteiger partial charge in [0.05, 0.1) is 7.11 Å². The Balaban J connectivity index is 3.03. The van der Waals surface area contributed by atoms with Crippen LogP contribution in [0.2, 0.25) is 0 Å². The average molecular weight is 279 g/mol. The molecule has 1 unspecified atom stereocenters. The molecule has 0 heterocycles. The SMILES string of the molecule is COC(=O)C1(CBr)CC(F)(F)C1(F)F. The molecule has 0 radical (unpaired) electrons. The molecule has 0 saturated heterocycles. The van der Waals surface area contributed by atoms with Gasteiger partial charge in [-0.25, -0.2) is 0 Å². The van der Waals surface area contributed by atoms with Crippen molar-refractivity contribution in [2.75, 3.05) is 12.4 Å². The number of carbonyl (C=O) groups is 1. The Morgan fingerprint density at radius 3 is 2.14 bits per heavy atom. The number of ether oxygens (including phenoxy) is 1. The van der Waals surface area contributed by atoms with E-state index < -0.39 is 35.0 Å². The summed E-state index contributed by atoms with van der Waals surface area (Å²) in [5.41, 5.74) is -2.43. The van der Waals surface area contributed by atoms with Gasteiger partial charge in [0.1, 0.15) is 0 Å². The Hall–Kier alpha value is -0.330. The number of rotatable bonds is 2. The minimum absolute atomic E-state index is 0.546. The molecule has 0 aromatic rings. The van der Waals surface area contributed by atoms with E-state index in [0.717, 1.165) is 7.11 Å². The predicted octanol–water partition coefficient (Wildman–Crippen LogP) is 2.21. The van der Waals surface area contributed by atoms with Crippen molar-refractivity contribution in [3.05, 3.63) is 0 Å². The van der Waals surface area contributed by atoms with Crippen LogP contribution in [0.3, 0.4) is 0 Å². The first-order valence-corrected chi connectivity index (χ1v) is 4.77. The zero-order valence-electron chi connectivity index (χ0n) is 7.12. The molecule has 14 heavy (non-hydrogen) atoms. The second-order valence-corrected chi connectivity index (χ2v) is 3.72. The molecule has 0 aromatic carbocycles. The molecule has 2 nitrogen and oxygen atoms in total. The van der Waals surface area contributed by atoms with E-state index in [-0.39, 0.29) is 0 Å². The number of esters is 1. The smallest absolute Gasteiger partial charge is 0.327 e. The first-order valence-electron chi connectivity index (χ1n) is 3.65. The number of alkyl halides is 5. The zero-order chi connectivity index (χ0) is 11.2. The summed E-state index contributed by atoms with van der Waals surface area (Å²) in [6.45, 7) is 0. The largest absolute Gasteiger partial charge is 0.468 e. The molecular formula is C7H7BrF4O2. The lowest BCUT2D eigenvalue weighted by molar-refractivity contribution is -0.343. The Kier molecular flexibility index (Phi) is 2.58. The maximum atomic E-state index is 13.0. The summed E-state index contributed by atoms with van der Waals surface area (Å²) in [4.78, 5) is 11.0. The summed E-state index contributed by atoms with van der Waals surface area (Å²) in [5.74, 6) is -9.80. The van der Waals surface area contributed by atoms with Crippen molar-refractivity contribution in [1.29, 1.82) is 0 Å². The maximum Gasteiger partial charge on any atom is 0.327 e. The number of hydrogen-bond acceptors (Lipinski definition) is 2. The molecule has 7 heteroatoms. The lowest BCUT2D eigenvalue weighted by atomic mass is 9.63. The molecule has 1 rings (SSSR count). The first-order chi connectivity index (χ1) is 6.25. The third-order valence-electron chi connectivity index (χ3n) is 2.39. The minimum Gasteiger partial charge on any atom is -0.468 e. The van der Waals surface area contributed by atoms with Crippen LogP contribution in [-0.2, 0) is 9.53 Å². The number of carbonyl (C=O) groups excluding carboxylic acids is 1. The van der Waals surface area contributed by atoms with Crippen LogP contribution in [-0.4, -0.2) is 30.3 Å². The van der Waals surface area contributed by atoms with Gasteiger partial charge in [-0.2, -0.15) is 17.6 Å². The second kappa shape index (κ2) is 3.08. The summed E-state index contributed by atoms with van der Waals surface area (Å²) in [5, 5.41) is -0.546. The van der Waals surface area contributed by atoms with Crippen LogP contribution >= 0.6 is 15.9 Å². The number of hydrogen-bond donors (Lipinski definition) is 0. The molecular weight excluding hydrogens is 272 g/mol. The highest BCUT2D eigenvalue weighted by Crippen LogP contribution is 2.64. The normalized spacial score (nSPS) is 33.3. The van der Waals surface area contributed by atoms with Crippen LogP contribution in [0.4, 0.5) is 17.6 Å². The first kappa shape index (κ1) is 11.7. The van der Waals surface area contributed by atoms with E-state index in [2.05, 4.69) is 20.7 Å². The second-order valence-electron chi connectivity index (χ2n) is 3.16. The lowest BCUT2D eigenvalue weighted by Crippen LogP contribution is -2.71. The highest BCUT2D eigenvalue weighted by Gasteiger charge is 2.83. The lowest BCUT2D eigenvalue weighted by Gasteiger charge is -2.50. The van der Waals surface area contributed by atoms with Crippen molar-refractivity contribution in [2.45, 2.75) is 18.3 Å². The molecule has 0 aliphatic heterocycles. The number of halogens is 5. The highest BCUT2D eigenvalue weighted by atomic mass is 79.9. The molecule has 82 valence electrons. The summed E-state index contributed by atoms with van der Waals surface area (Å²) in [6.07, 6.45) is -1.19. The molecule has 0 bridgehead atoms. The predicted molar refractivity (Wildman–Crippen MR) is 42.8 cm³/mol. The van der Waals surface area contributed by atoms with Crippen molar-refractivity contribution < 1.29 is 27.1 Å². The van der Waals surface area contributed by atoms with Crippen LogP contribution in [0.1, 0.15) is 6.42 Å². The van der Waals surface area contributed by atoms with Crippen molar-refractivity contribution >= 4 is 21.9 Å². The molecule has 1 aliphatic rings.